The highest BCUT2D eigenvalue weighted by atomic mass is 35.5. The first-order valence-corrected chi connectivity index (χ1v) is 11.9. The molecule has 1 aliphatic rings. The van der Waals surface area contributed by atoms with Gasteiger partial charge in [0.05, 0.1) is 6.54 Å². The molecule has 1 N–H and O–H groups in total. The Kier molecular flexibility index (Phi) is 7.21. The number of amides is 2. The number of aryl methyl sites for hydroxylation is 2. The fourth-order valence-corrected chi connectivity index (χ4v) is 4.87. The number of rotatable bonds is 6. The third-order valence-corrected chi connectivity index (χ3v) is 6.63. The van der Waals surface area contributed by atoms with Crippen molar-refractivity contribution in [2.75, 3.05) is 5.32 Å². The Morgan fingerprint density at radius 1 is 1.06 bits per heavy atom. The van der Waals surface area contributed by atoms with Gasteiger partial charge in [-0.25, -0.2) is 4.79 Å². The first-order valence-electron chi connectivity index (χ1n) is 11.5. The lowest BCUT2D eigenvalue weighted by Crippen LogP contribution is -2.43. The lowest BCUT2D eigenvalue weighted by Gasteiger charge is -2.35. The molecule has 2 amide bonds. The largest absolute Gasteiger partial charge is 0.345 e. The van der Waals surface area contributed by atoms with Gasteiger partial charge in [0.25, 0.3) is 0 Å². The van der Waals surface area contributed by atoms with E-state index < -0.39 is 0 Å². The van der Waals surface area contributed by atoms with Crippen LogP contribution in [0.5, 0.6) is 0 Å². The number of nitrogens with zero attached hydrogens (tertiary/aromatic N) is 2. The Morgan fingerprint density at radius 2 is 1.88 bits per heavy atom. The smallest absolute Gasteiger partial charge is 0.322 e. The van der Waals surface area contributed by atoms with Gasteiger partial charge in [0, 0.05) is 35.2 Å². The predicted octanol–water partition coefficient (Wildman–Crippen LogP) is 7.17. The Balaban J connectivity index is 1.55. The number of hydrogen-bond donors (Lipinski definition) is 1. The van der Waals surface area contributed by atoms with E-state index in [1.54, 1.807) is 0 Å². The summed E-state index contributed by atoms with van der Waals surface area (Å²) in [5.41, 5.74) is 5.45. The maximum Gasteiger partial charge on any atom is 0.322 e. The first-order chi connectivity index (χ1) is 15.5. The number of carbonyl (C=O) groups excluding carboxylic acids is 1. The molecule has 3 aromatic rings. The van der Waals surface area contributed by atoms with E-state index in [0.717, 1.165) is 46.9 Å². The fraction of sp³-hybridized carbons (Fsp3) is 0.370. The van der Waals surface area contributed by atoms with Crippen LogP contribution in [-0.4, -0.2) is 21.5 Å². The summed E-state index contributed by atoms with van der Waals surface area (Å²) in [6.45, 7) is 5.44. The highest BCUT2D eigenvalue weighted by molar-refractivity contribution is 6.30. The van der Waals surface area contributed by atoms with Crippen molar-refractivity contribution < 1.29 is 4.79 Å². The van der Waals surface area contributed by atoms with Crippen LogP contribution in [0.15, 0.2) is 60.8 Å². The van der Waals surface area contributed by atoms with E-state index in [-0.39, 0.29) is 12.1 Å². The summed E-state index contributed by atoms with van der Waals surface area (Å²) in [5, 5.41) is 3.93. The van der Waals surface area contributed by atoms with Crippen LogP contribution in [0.1, 0.15) is 54.5 Å². The molecule has 0 radical (unpaired) electrons. The molecule has 4 rings (SSSR count). The van der Waals surface area contributed by atoms with Gasteiger partial charge in [-0.15, -0.1) is 0 Å². The molecule has 0 atom stereocenters. The fourth-order valence-electron chi connectivity index (χ4n) is 4.65. The van der Waals surface area contributed by atoms with Crippen LogP contribution in [0.4, 0.5) is 10.5 Å². The maximum atomic E-state index is 13.5. The molecule has 0 spiro atoms. The second-order valence-corrected chi connectivity index (χ2v) is 9.36. The third-order valence-electron chi connectivity index (χ3n) is 6.40. The highest BCUT2D eigenvalue weighted by Crippen LogP contribution is 2.26. The van der Waals surface area contributed by atoms with E-state index in [2.05, 4.69) is 47.3 Å². The van der Waals surface area contributed by atoms with Crippen molar-refractivity contribution in [1.82, 2.24) is 9.47 Å². The Hall–Kier alpha value is -2.72. The zero-order valence-corrected chi connectivity index (χ0v) is 19.7. The first kappa shape index (κ1) is 22.5. The van der Waals surface area contributed by atoms with Gasteiger partial charge in [-0.2, -0.15) is 0 Å². The minimum Gasteiger partial charge on any atom is -0.345 e. The molecule has 0 saturated heterocycles. The molecule has 4 nitrogen and oxygen atoms in total. The van der Waals surface area contributed by atoms with Crippen LogP contribution in [0, 0.1) is 13.8 Å². The van der Waals surface area contributed by atoms with E-state index in [0.29, 0.717) is 6.54 Å². The molecule has 5 heteroatoms. The minimum absolute atomic E-state index is 0.0145. The number of halogens is 1. The van der Waals surface area contributed by atoms with Crippen LogP contribution in [0.3, 0.4) is 0 Å². The number of aromatic nitrogens is 1. The minimum atomic E-state index is -0.0145. The van der Waals surface area contributed by atoms with Crippen LogP contribution < -0.4 is 5.32 Å². The van der Waals surface area contributed by atoms with Crippen LogP contribution in [0.25, 0.3) is 0 Å². The lowest BCUT2D eigenvalue weighted by atomic mass is 9.94. The van der Waals surface area contributed by atoms with E-state index >= 15 is 0 Å². The molecule has 1 heterocycles. The van der Waals surface area contributed by atoms with Crippen molar-refractivity contribution in [3.05, 3.63) is 88.2 Å². The number of anilines is 1. The molecule has 0 aliphatic heterocycles. The number of benzene rings is 2. The van der Waals surface area contributed by atoms with Gasteiger partial charge in [0.2, 0.25) is 0 Å². The SMILES string of the molecule is Cc1ccc(NC(=O)N(Cc2cccn2Cc2cccc(Cl)c2)C2CCCCC2)c(C)c1. The summed E-state index contributed by atoms with van der Waals surface area (Å²) in [7, 11) is 0. The third kappa shape index (κ3) is 5.55. The number of hydrogen-bond acceptors (Lipinski definition) is 1. The summed E-state index contributed by atoms with van der Waals surface area (Å²) in [4.78, 5) is 15.5. The topological polar surface area (TPSA) is 37.3 Å². The quantitative estimate of drug-likeness (QED) is 0.425. The second kappa shape index (κ2) is 10.3. The van der Waals surface area contributed by atoms with Crippen molar-refractivity contribution in [2.24, 2.45) is 0 Å². The van der Waals surface area contributed by atoms with Gasteiger partial charge >= 0.3 is 6.03 Å². The van der Waals surface area contributed by atoms with Crippen molar-refractivity contribution >= 4 is 23.3 Å². The van der Waals surface area contributed by atoms with Crippen molar-refractivity contribution in [2.45, 2.75) is 65.1 Å². The van der Waals surface area contributed by atoms with E-state index in [1.165, 1.54) is 24.8 Å². The number of carbonyl (C=O) groups is 1. The average Bonchev–Trinajstić information content (AvgIpc) is 3.21. The normalized spacial score (nSPS) is 14.3. The summed E-state index contributed by atoms with van der Waals surface area (Å²) < 4.78 is 2.21. The predicted molar refractivity (Wildman–Crippen MR) is 132 cm³/mol. The molecular weight excluding hydrogens is 418 g/mol. The number of nitrogens with one attached hydrogen (secondary N) is 1. The van der Waals surface area contributed by atoms with Gasteiger partial charge in [-0.05, 0) is 68.1 Å². The van der Waals surface area contributed by atoms with E-state index in [4.69, 9.17) is 11.6 Å². The van der Waals surface area contributed by atoms with Gasteiger partial charge < -0.3 is 14.8 Å². The summed E-state index contributed by atoms with van der Waals surface area (Å²) in [6, 6.07) is 18.5. The Morgan fingerprint density at radius 3 is 2.62 bits per heavy atom. The van der Waals surface area contributed by atoms with E-state index in [9.17, 15) is 4.79 Å². The Labute approximate surface area is 196 Å². The maximum absolute atomic E-state index is 13.5. The zero-order valence-electron chi connectivity index (χ0n) is 19.0. The van der Waals surface area contributed by atoms with Crippen LogP contribution >= 0.6 is 11.6 Å². The molecule has 2 aromatic carbocycles. The molecular formula is C27H32ClN3O. The molecule has 1 aromatic heterocycles. The summed E-state index contributed by atoms with van der Waals surface area (Å²) in [6.07, 6.45) is 7.83. The van der Waals surface area contributed by atoms with Gasteiger partial charge in [-0.3, -0.25) is 0 Å². The Bertz CT molecular complexity index is 1070. The monoisotopic (exact) mass is 449 g/mol. The van der Waals surface area contributed by atoms with Crippen molar-refractivity contribution in [1.29, 1.82) is 0 Å². The molecule has 0 unspecified atom stereocenters. The average molecular weight is 450 g/mol. The zero-order chi connectivity index (χ0) is 22.5. The lowest BCUT2D eigenvalue weighted by molar-refractivity contribution is 0.161. The highest BCUT2D eigenvalue weighted by Gasteiger charge is 2.26. The molecule has 32 heavy (non-hydrogen) atoms. The standard InChI is InChI=1S/C27H32ClN3O/c1-20-13-14-26(21(2)16-20)29-27(32)31(24-10-4-3-5-11-24)19-25-12-7-15-30(25)18-22-8-6-9-23(28)17-22/h6-9,12-17,24H,3-5,10-11,18-19H2,1-2H3,(H,29,32). The van der Waals surface area contributed by atoms with Crippen LogP contribution in [0.2, 0.25) is 5.02 Å². The molecule has 1 aliphatic carbocycles. The van der Waals surface area contributed by atoms with Gasteiger partial charge in [-0.1, -0.05) is 60.7 Å². The molecule has 0 bridgehead atoms. The molecule has 1 saturated carbocycles. The van der Waals surface area contributed by atoms with Crippen LogP contribution in [-0.2, 0) is 13.1 Å². The second-order valence-electron chi connectivity index (χ2n) is 8.93. The van der Waals surface area contributed by atoms with Crippen molar-refractivity contribution in [3.63, 3.8) is 0 Å². The summed E-state index contributed by atoms with van der Waals surface area (Å²) >= 11 is 6.18. The van der Waals surface area contributed by atoms with Gasteiger partial charge in [0.15, 0.2) is 0 Å². The molecule has 1 fully saturated rings. The van der Waals surface area contributed by atoms with Crippen molar-refractivity contribution in [3.8, 4) is 0 Å². The summed E-state index contributed by atoms with van der Waals surface area (Å²) in [5.74, 6) is 0. The van der Waals surface area contributed by atoms with Gasteiger partial charge in [0.1, 0.15) is 0 Å². The molecule has 168 valence electrons. The van der Waals surface area contributed by atoms with E-state index in [1.807, 2.05) is 42.2 Å². The number of urea groups is 1.